The number of nitrogens with one attached hydrogen (secondary N) is 1. The van der Waals surface area contributed by atoms with E-state index in [9.17, 15) is 10.1 Å². The van der Waals surface area contributed by atoms with Gasteiger partial charge in [-0.15, -0.1) is 0 Å². The summed E-state index contributed by atoms with van der Waals surface area (Å²) in [6, 6.07) is 13.9. The summed E-state index contributed by atoms with van der Waals surface area (Å²) in [4.78, 5) is 10.4. The second-order valence-electron chi connectivity index (χ2n) is 5.27. The molecule has 21 heavy (non-hydrogen) atoms. The number of nitro benzene ring substituents is 1. The Kier molecular flexibility index (Phi) is 4.10. The fourth-order valence-electron chi connectivity index (χ4n) is 2.78. The SMILES string of the molecule is O=[N+]([O-])c1ccc(NC2CCc3ccccc3C2)c(I)c1. The van der Waals surface area contributed by atoms with E-state index in [1.54, 1.807) is 18.2 Å². The summed E-state index contributed by atoms with van der Waals surface area (Å²) < 4.78 is 0.889. The molecule has 0 saturated carbocycles. The molecule has 0 bridgehead atoms. The van der Waals surface area contributed by atoms with E-state index < -0.39 is 0 Å². The predicted octanol–water partition coefficient (Wildman–Crippen LogP) is 4.17. The van der Waals surface area contributed by atoms with Gasteiger partial charge in [0.1, 0.15) is 0 Å². The Morgan fingerprint density at radius 2 is 1.95 bits per heavy atom. The van der Waals surface area contributed by atoms with Gasteiger partial charge in [0.05, 0.1) is 4.92 Å². The van der Waals surface area contributed by atoms with Crippen LogP contribution in [0.5, 0.6) is 0 Å². The Balaban J connectivity index is 1.75. The number of non-ortho nitro benzene ring substituents is 1. The largest absolute Gasteiger partial charge is 0.381 e. The highest BCUT2D eigenvalue weighted by Gasteiger charge is 2.19. The van der Waals surface area contributed by atoms with Crippen LogP contribution < -0.4 is 5.32 Å². The van der Waals surface area contributed by atoms with Crippen LogP contribution in [0.3, 0.4) is 0 Å². The smallest absolute Gasteiger partial charge is 0.270 e. The zero-order valence-electron chi connectivity index (χ0n) is 11.4. The van der Waals surface area contributed by atoms with Gasteiger partial charge in [-0.1, -0.05) is 24.3 Å². The molecule has 0 fully saturated rings. The zero-order valence-corrected chi connectivity index (χ0v) is 13.5. The first-order valence-electron chi connectivity index (χ1n) is 6.91. The van der Waals surface area contributed by atoms with Gasteiger partial charge in [0.2, 0.25) is 0 Å². The van der Waals surface area contributed by atoms with Crippen LogP contribution in [-0.4, -0.2) is 11.0 Å². The lowest BCUT2D eigenvalue weighted by atomic mass is 9.88. The van der Waals surface area contributed by atoms with Gasteiger partial charge >= 0.3 is 0 Å². The first-order chi connectivity index (χ1) is 10.1. The van der Waals surface area contributed by atoms with Gasteiger partial charge in [-0.3, -0.25) is 10.1 Å². The summed E-state index contributed by atoms with van der Waals surface area (Å²) in [6.45, 7) is 0. The molecule has 1 N–H and O–H groups in total. The second-order valence-corrected chi connectivity index (χ2v) is 6.44. The Morgan fingerprint density at radius 1 is 1.19 bits per heavy atom. The summed E-state index contributed by atoms with van der Waals surface area (Å²) >= 11 is 2.15. The molecule has 0 amide bonds. The van der Waals surface area contributed by atoms with E-state index in [-0.39, 0.29) is 10.6 Å². The van der Waals surface area contributed by atoms with Crippen molar-refractivity contribution in [1.82, 2.24) is 0 Å². The molecule has 1 atom stereocenters. The lowest BCUT2D eigenvalue weighted by Crippen LogP contribution is -2.27. The lowest BCUT2D eigenvalue weighted by molar-refractivity contribution is -0.384. The van der Waals surface area contributed by atoms with Crippen LogP contribution in [0.4, 0.5) is 11.4 Å². The van der Waals surface area contributed by atoms with Crippen molar-refractivity contribution in [3.63, 3.8) is 0 Å². The number of nitrogens with zero attached hydrogens (tertiary/aromatic N) is 1. The molecule has 0 radical (unpaired) electrons. The molecule has 5 heteroatoms. The fraction of sp³-hybridized carbons (Fsp3) is 0.250. The van der Waals surface area contributed by atoms with Crippen molar-refractivity contribution >= 4 is 34.0 Å². The highest BCUT2D eigenvalue weighted by Crippen LogP contribution is 2.28. The van der Waals surface area contributed by atoms with E-state index in [1.165, 1.54) is 11.1 Å². The molecule has 1 aliphatic rings. The highest BCUT2D eigenvalue weighted by molar-refractivity contribution is 14.1. The van der Waals surface area contributed by atoms with Crippen molar-refractivity contribution in [2.75, 3.05) is 5.32 Å². The minimum atomic E-state index is -0.358. The van der Waals surface area contributed by atoms with E-state index in [1.807, 2.05) is 0 Å². The second kappa shape index (κ2) is 6.01. The number of anilines is 1. The fourth-order valence-corrected chi connectivity index (χ4v) is 3.43. The summed E-state index contributed by atoms with van der Waals surface area (Å²) in [5, 5.41) is 14.3. The van der Waals surface area contributed by atoms with Crippen molar-refractivity contribution in [3.8, 4) is 0 Å². The van der Waals surface area contributed by atoms with Crippen LogP contribution in [0.2, 0.25) is 0 Å². The van der Waals surface area contributed by atoms with E-state index in [0.29, 0.717) is 6.04 Å². The van der Waals surface area contributed by atoms with Crippen LogP contribution in [0.25, 0.3) is 0 Å². The number of fused-ring (bicyclic) bond motifs is 1. The molecule has 2 aromatic carbocycles. The molecule has 1 unspecified atom stereocenters. The van der Waals surface area contributed by atoms with E-state index in [4.69, 9.17) is 0 Å². The van der Waals surface area contributed by atoms with E-state index in [0.717, 1.165) is 28.5 Å². The Labute approximate surface area is 136 Å². The quantitative estimate of drug-likeness (QED) is 0.483. The lowest BCUT2D eigenvalue weighted by Gasteiger charge is -2.26. The molecule has 3 rings (SSSR count). The van der Waals surface area contributed by atoms with Crippen LogP contribution >= 0.6 is 22.6 Å². The maximum absolute atomic E-state index is 10.8. The van der Waals surface area contributed by atoms with Gasteiger partial charge < -0.3 is 5.32 Å². The van der Waals surface area contributed by atoms with Crippen molar-refractivity contribution in [2.24, 2.45) is 0 Å². The molecule has 1 aliphatic carbocycles. The molecule has 0 spiro atoms. The summed E-state index contributed by atoms with van der Waals surface area (Å²) in [7, 11) is 0. The average molecular weight is 394 g/mol. The summed E-state index contributed by atoms with van der Waals surface area (Å²) in [5.41, 5.74) is 3.96. The first kappa shape index (κ1) is 14.3. The molecule has 0 aliphatic heterocycles. The Bertz CT molecular complexity index is 688. The van der Waals surface area contributed by atoms with Crippen LogP contribution in [0, 0.1) is 13.7 Å². The maximum atomic E-state index is 10.8. The van der Waals surface area contributed by atoms with Gasteiger partial charge in [0.25, 0.3) is 5.69 Å². The first-order valence-corrected chi connectivity index (χ1v) is 7.98. The summed E-state index contributed by atoms with van der Waals surface area (Å²) in [5.74, 6) is 0. The van der Waals surface area contributed by atoms with Gasteiger partial charge in [0, 0.05) is 27.4 Å². The molecule has 4 nitrogen and oxygen atoms in total. The predicted molar refractivity (Wildman–Crippen MR) is 91.7 cm³/mol. The average Bonchev–Trinajstić information content (AvgIpc) is 2.49. The number of benzene rings is 2. The molecular formula is C16H15IN2O2. The van der Waals surface area contributed by atoms with Crippen LogP contribution in [0.1, 0.15) is 17.5 Å². The molecule has 2 aromatic rings. The number of aryl methyl sites for hydroxylation is 1. The highest BCUT2D eigenvalue weighted by atomic mass is 127. The van der Waals surface area contributed by atoms with Crippen LogP contribution in [-0.2, 0) is 12.8 Å². The third-order valence-corrected chi connectivity index (χ3v) is 4.76. The number of nitro groups is 1. The molecule has 0 heterocycles. The third kappa shape index (κ3) is 3.18. The van der Waals surface area contributed by atoms with Gasteiger partial charge in [-0.2, -0.15) is 0 Å². The molecular weight excluding hydrogens is 379 g/mol. The van der Waals surface area contributed by atoms with E-state index >= 15 is 0 Å². The van der Waals surface area contributed by atoms with Crippen LogP contribution in [0.15, 0.2) is 42.5 Å². The van der Waals surface area contributed by atoms with Crippen molar-refractivity contribution < 1.29 is 4.92 Å². The standard InChI is InChI=1S/C16H15IN2O2/c17-15-10-14(19(20)21)7-8-16(15)18-13-6-5-11-3-1-2-4-12(11)9-13/h1-4,7-8,10,13,18H,5-6,9H2. The van der Waals surface area contributed by atoms with Crippen molar-refractivity contribution in [3.05, 3.63) is 67.3 Å². The van der Waals surface area contributed by atoms with Crippen molar-refractivity contribution in [1.29, 1.82) is 0 Å². The van der Waals surface area contributed by atoms with Gasteiger partial charge in [-0.05, 0) is 59.0 Å². The van der Waals surface area contributed by atoms with Gasteiger partial charge in [0.15, 0.2) is 0 Å². The normalized spacial score (nSPS) is 17.1. The number of rotatable bonds is 3. The Morgan fingerprint density at radius 3 is 2.67 bits per heavy atom. The third-order valence-electron chi connectivity index (χ3n) is 3.87. The molecule has 108 valence electrons. The maximum Gasteiger partial charge on any atom is 0.270 e. The van der Waals surface area contributed by atoms with Crippen molar-refractivity contribution in [2.45, 2.75) is 25.3 Å². The van der Waals surface area contributed by atoms with E-state index in [2.05, 4.69) is 52.2 Å². The minimum Gasteiger partial charge on any atom is -0.381 e. The molecule has 0 saturated heterocycles. The summed E-state index contributed by atoms with van der Waals surface area (Å²) in [6.07, 6.45) is 3.17. The Hall–Kier alpha value is -1.63. The zero-order chi connectivity index (χ0) is 14.8. The van der Waals surface area contributed by atoms with Gasteiger partial charge in [-0.25, -0.2) is 0 Å². The number of hydrogen-bond donors (Lipinski definition) is 1. The monoisotopic (exact) mass is 394 g/mol. The topological polar surface area (TPSA) is 55.2 Å². The number of hydrogen-bond acceptors (Lipinski definition) is 3. The number of halogens is 1. The molecule has 0 aromatic heterocycles. The minimum absolute atomic E-state index is 0.138.